The van der Waals surface area contributed by atoms with Gasteiger partial charge >= 0.3 is 6.16 Å². The van der Waals surface area contributed by atoms with Crippen molar-refractivity contribution < 1.29 is 19.2 Å². The van der Waals surface area contributed by atoms with Gasteiger partial charge in [0.15, 0.2) is 0 Å². The predicted molar refractivity (Wildman–Crippen MR) is 56.1 cm³/mol. The molecule has 1 aromatic carbocycles. The molecule has 1 amide bonds. The Hall–Kier alpha value is -2.04. The summed E-state index contributed by atoms with van der Waals surface area (Å²) >= 11 is 0. The van der Waals surface area contributed by atoms with Crippen LogP contribution in [0, 0.1) is 0 Å². The topological polar surface area (TPSA) is 64.6 Å². The van der Waals surface area contributed by atoms with Gasteiger partial charge in [-0.2, -0.15) is 5.48 Å². The van der Waals surface area contributed by atoms with Crippen LogP contribution >= 0.6 is 0 Å². The van der Waals surface area contributed by atoms with E-state index in [1.54, 1.807) is 6.92 Å². The fourth-order valence-corrected chi connectivity index (χ4v) is 0.917. The van der Waals surface area contributed by atoms with Crippen LogP contribution in [0.5, 0.6) is 0 Å². The third-order valence-electron chi connectivity index (χ3n) is 1.77. The number of carbonyl (C=O) groups is 2. The average Bonchev–Trinajstić information content (AvgIpc) is 2.34. The fraction of sp³-hybridized carbons (Fsp3) is 0.273. The van der Waals surface area contributed by atoms with Gasteiger partial charge < -0.3 is 9.57 Å². The average molecular weight is 223 g/mol. The van der Waals surface area contributed by atoms with Crippen LogP contribution in [0.3, 0.4) is 0 Å². The summed E-state index contributed by atoms with van der Waals surface area (Å²) in [6.45, 7) is 1.76. The van der Waals surface area contributed by atoms with Gasteiger partial charge in [0, 0.05) is 6.42 Å². The van der Waals surface area contributed by atoms with Gasteiger partial charge in [-0.3, -0.25) is 4.79 Å². The molecule has 0 saturated carbocycles. The lowest BCUT2D eigenvalue weighted by molar-refractivity contribution is -0.131. The van der Waals surface area contributed by atoms with Crippen LogP contribution < -0.4 is 5.48 Å². The third kappa shape index (κ3) is 4.45. The maximum atomic E-state index is 11.0. The lowest BCUT2D eigenvalue weighted by Gasteiger charge is -2.05. The zero-order chi connectivity index (χ0) is 11.8. The predicted octanol–water partition coefficient (Wildman–Crippen LogP) is 1.78. The molecule has 1 N–H and O–H groups in total. The van der Waals surface area contributed by atoms with Crippen LogP contribution in [0.2, 0.25) is 0 Å². The van der Waals surface area contributed by atoms with Crippen molar-refractivity contribution >= 4 is 12.1 Å². The minimum atomic E-state index is -0.925. The van der Waals surface area contributed by atoms with Crippen molar-refractivity contribution in [3.8, 4) is 0 Å². The summed E-state index contributed by atoms with van der Waals surface area (Å²) in [5.74, 6) is -0.378. The maximum Gasteiger partial charge on any atom is 0.533 e. The summed E-state index contributed by atoms with van der Waals surface area (Å²) in [7, 11) is 0. The Morgan fingerprint density at radius 3 is 2.56 bits per heavy atom. The van der Waals surface area contributed by atoms with E-state index < -0.39 is 6.16 Å². The van der Waals surface area contributed by atoms with Gasteiger partial charge in [-0.25, -0.2) is 4.79 Å². The number of carbonyl (C=O) groups excluding carboxylic acids is 2. The summed E-state index contributed by atoms with van der Waals surface area (Å²) in [6.07, 6.45) is -0.683. The fourth-order valence-electron chi connectivity index (χ4n) is 0.917. The van der Waals surface area contributed by atoms with E-state index in [4.69, 9.17) is 4.74 Å². The van der Waals surface area contributed by atoms with Crippen LogP contribution in [0.25, 0.3) is 0 Å². The van der Waals surface area contributed by atoms with Gasteiger partial charge in [-0.15, -0.1) is 0 Å². The second-order valence-electron chi connectivity index (χ2n) is 3.01. The Kier molecular flexibility index (Phi) is 4.85. The molecule has 1 rings (SSSR count). The van der Waals surface area contributed by atoms with Crippen molar-refractivity contribution in [1.29, 1.82) is 0 Å². The monoisotopic (exact) mass is 223 g/mol. The molecule has 0 saturated heterocycles. The van der Waals surface area contributed by atoms with Crippen molar-refractivity contribution in [2.24, 2.45) is 0 Å². The molecule has 0 spiro atoms. The summed E-state index contributed by atoms with van der Waals surface area (Å²) in [4.78, 5) is 26.1. The minimum absolute atomic E-state index is 0.113. The van der Waals surface area contributed by atoms with Gasteiger partial charge in [0.1, 0.15) is 6.61 Å². The number of hydroxylamine groups is 1. The number of amides is 1. The van der Waals surface area contributed by atoms with Crippen molar-refractivity contribution in [2.75, 3.05) is 0 Å². The highest BCUT2D eigenvalue weighted by Crippen LogP contribution is 2.00. The summed E-state index contributed by atoms with van der Waals surface area (Å²) in [6, 6.07) is 9.17. The molecule has 0 fully saturated rings. The number of hydrogen-bond donors (Lipinski definition) is 1. The lowest BCUT2D eigenvalue weighted by Crippen LogP contribution is -2.26. The Labute approximate surface area is 93.3 Å². The SMILES string of the molecule is CCC(=O)NOC(=O)OCc1ccccc1. The van der Waals surface area contributed by atoms with Crippen LogP contribution in [0.15, 0.2) is 30.3 Å². The molecule has 0 aromatic heterocycles. The Morgan fingerprint density at radius 1 is 1.25 bits per heavy atom. The van der Waals surface area contributed by atoms with E-state index in [2.05, 4.69) is 4.84 Å². The van der Waals surface area contributed by atoms with E-state index in [-0.39, 0.29) is 18.9 Å². The maximum absolute atomic E-state index is 11.0. The highest BCUT2D eigenvalue weighted by molar-refractivity contribution is 5.75. The van der Waals surface area contributed by atoms with Gasteiger partial charge in [0.2, 0.25) is 0 Å². The summed E-state index contributed by atoms with van der Waals surface area (Å²) in [5.41, 5.74) is 2.80. The first-order valence-corrected chi connectivity index (χ1v) is 4.88. The Bertz CT molecular complexity index is 350. The van der Waals surface area contributed by atoms with Gasteiger partial charge in [-0.05, 0) is 5.56 Å². The second-order valence-corrected chi connectivity index (χ2v) is 3.01. The number of rotatable bonds is 3. The molecule has 0 heterocycles. The van der Waals surface area contributed by atoms with E-state index in [1.165, 1.54) is 0 Å². The van der Waals surface area contributed by atoms with Crippen LogP contribution in [-0.4, -0.2) is 12.1 Å². The molecule has 0 bridgehead atoms. The highest BCUT2D eigenvalue weighted by atomic mass is 16.8. The van der Waals surface area contributed by atoms with Crippen LogP contribution in [0.1, 0.15) is 18.9 Å². The molecule has 0 atom stereocenters. The molecule has 16 heavy (non-hydrogen) atoms. The number of benzene rings is 1. The van der Waals surface area contributed by atoms with Crippen molar-refractivity contribution in [3.63, 3.8) is 0 Å². The molecular weight excluding hydrogens is 210 g/mol. The highest BCUT2D eigenvalue weighted by Gasteiger charge is 2.06. The van der Waals surface area contributed by atoms with Crippen molar-refractivity contribution in [1.82, 2.24) is 5.48 Å². The molecule has 5 nitrogen and oxygen atoms in total. The standard InChI is InChI=1S/C11H13NO4/c1-2-10(13)12-16-11(14)15-8-9-6-4-3-5-7-9/h3-7H,2,8H2,1H3,(H,12,13). The first-order valence-electron chi connectivity index (χ1n) is 4.88. The second kappa shape index (κ2) is 6.44. The van der Waals surface area contributed by atoms with Gasteiger partial charge in [-0.1, -0.05) is 37.3 Å². The van der Waals surface area contributed by atoms with E-state index >= 15 is 0 Å². The smallest absolute Gasteiger partial charge is 0.428 e. The normalized spacial score (nSPS) is 9.31. The van der Waals surface area contributed by atoms with E-state index in [9.17, 15) is 9.59 Å². The third-order valence-corrected chi connectivity index (χ3v) is 1.77. The molecule has 0 aliphatic heterocycles. The quantitative estimate of drug-likeness (QED) is 0.626. The molecule has 5 heteroatoms. The Morgan fingerprint density at radius 2 is 1.94 bits per heavy atom. The first-order chi connectivity index (χ1) is 7.72. The van der Waals surface area contributed by atoms with Crippen molar-refractivity contribution in [2.45, 2.75) is 20.0 Å². The Balaban J connectivity index is 2.23. The summed E-state index contributed by atoms with van der Waals surface area (Å²) in [5, 5.41) is 0. The minimum Gasteiger partial charge on any atom is -0.428 e. The first kappa shape index (κ1) is 12.0. The molecule has 0 radical (unpaired) electrons. The molecule has 0 aliphatic carbocycles. The zero-order valence-electron chi connectivity index (χ0n) is 8.93. The largest absolute Gasteiger partial charge is 0.533 e. The molecule has 86 valence electrons. The lowest BCUT2D eigenvalue weighted by atomic mass is 10.2. The molecule has 0 aliphatic rings. The molecule has 1 aromatic rings. The van der Waals surface area contributed by atoms with E-state index in [0.717, 1.165) is 5.56 Å². The molecule has 0 unspecified atom stereocenters. The van der Waals surface area contributed by atoms with Crippen LogP contribution in [0.4, 0.5) is 4.79 Å². The number of hydrogen-bond acceptors (Lipinski definition) is 4. The van der Waals surface area contributed by atoms with E-state index in [0.29, 0.717) is 0 Å². The van der Waals surface area contributed by atoms with Crippen molar-refractivity contribution in [3.05, 3.63) is 35.9 Å². The van der Waals surface area contributed by atoms with Gasteiger partial charge in [0.05, 0.1) is 0 Å². The molecular formula is C11H13NO4. The number of ether oxygens (including phenoxy) is 1. The summed E-state index contributed by atoms with van der Waals surface area (Å²) < 4.78 is 4.75. The van der Waals surface area contributed by atoms with Crippen LogP contribution in [-0.2, 0) is 21.0 Å². The van der Waals surface area contributed by atoms with E-state index in [1.807, 2.05) is 35.8 Å². The zero-order valence-corrected chi connectivity index (χ0v) is 8.93. The number of nitrogens with one attached hydrogen (secondary N) is 1. The van der Waals surface area contributed by atoms with Gasteiger partial charge in [0.25, 0.3) is 5.91 Å².